The van der Waals surface area contributed by atoms with Gasteiger partial charge in [-0.3, -0.25) is 10.1 Å². The van der Waals surface area contributed by atoms with E-state index in [1.807, 2.05) is 19.2 Å². The number of hydrogen-bond acceptors (Lipinski definition) is 7. The Morgan fingerprint density at radius 2 is 1.97 bits per heavy atom. The molecule has 31 heavy (non-hydrogen) atoms. The predicted molar refractivity (Wildman–Crippen MR) is 112 cm³/mol. The molecule has 1 aromatic rings. The van der Waals surface area contributed by atoms with Gasteiger partial charge in [-0.25, -0.2) is 18.0 Å². The third-order valence-electron chi connectivity index (χ3n) is 4.85. The van der Waals surface area contributed by atoms with Crippen molar-refractivity contribution in [1.82, 2.24) is 14.9 Å². The highest BCUT2D eigenvalue weighted by atomic mass is 32.2. The fourth-order valence-corrected chi connectivity index (χ4v) is 5.10. The van der Waals surface area contributed by atoms with Crippen molar-refractivity contribution in [3.8, 4) is 5.75 Å². The second-order valence-electron chi connectivity index (χ2n) is 7.21. The summed E-state index contributed by atoms with van der Waals surface area (Å²) in [6.45, 7) is 3.81. The highest BCUT2D eigenvalue weighted by Gasteiger charge is 2.33. The molecule has 172 valence electrons. The molecular formula is C20H29N3O7S. The summed E-state index contributed by atoms with van der Waals surface area (Å²) < 4.78 is 38.0. The second kappa shape index (κ2) is 11.1. The van der Waals surface area contributed by atoms with Gasteiger partial charge >= 0.3 is 12.0 Å². The van der Waals surface area contributed by atoms with Gasteiger partial charge < -0.3 is 14.8 Å². The molecule has 0 spiro atoms. The molecule has 2 rings (SSSR count). The molecule has 0 aromatic heterocycles. The fraction of sp³-hybridized carbons (Fsp3) is 0.550. The molecule has 3 amide bonds. The second-order valence-corrected chi connectivity index (χ2v) is 9.07. The maximum Gasteiger partial charge on any atom is 0.338 e. The van der Waals surface area contributed by atoms with Crippen molar-refractivity contribution in [2.75, 3.05) is 26.8 Å². The average molecular weight is 456 g/mol. The summed E-state index contributed by atoms with van der Waals surface area (Å²) in [4.78, 5) is 35.4. The third kappa shape index (κ3) is 6.41. The van der Waals surface area contributed by atoms with E-state index < -0.39 is 34.5 Å². The Kier molecular flexibility index (Phi) is 8.81. The molecule has 0 saturated carbocycles. The van der Waals surface area contributed by atoms with E-state index in [-0.39, 0.29) is 22.3 Å². The zero-order valence-corrected chi connectivity index (χ0v) is 18.8. The van der Waals surface area contributed by atoms with E-state index in [1.54, 1.807) is 0 Å². The van der Waals surface area contributed by atoms with Crippen LogP contribution in [0.25, 0.3) is 0 Å². The Bertz CT molecular complexity index is 917. The van der Waals surface area contributed by atoms with Crippen LogP contribution in [-0.4, -0.2) is 63.5 Å². The minimum atomic E-state index is -3.90. The molecule has 1 aliphatic heterocycles. The lowest BCUT2D eigenvalue weighted by Gasteiger charge is -2.32. The van der Waals surface area contributed by atoms with Crippen LogP contribution in [0, 0.1) is 0 Å². The molecule has 1 heterocycles. The molecule has 1 fully saturated rings. The monoisotopic (exact) mass is 455 g/mol. The summed E-state index contributed by atoms with van der Waals surface area (Å²) >= 11 is 0. The van der Waals surface area contributed by atoms with Gasteiger partial charge in [0.15, 0.2) is 6.61 Å². The standard InChI is InChI=1S/C20H29N3O7S/c1-4-10-21-20(26)22-18(24)13-30-19(25)15-8-9-16(29-3)17(12-15)31(27,28)23-11-6-5-7-14(23)2/h8-9,12,14H,4-7,10-11,13H2,1-3H3,(H2,21,22,24,26). The molecule has 1 unspecified atom stereocenters. The largest absolute Gasteiger partial charge is 0.495 e. The number of urea groups is 1. The number of piperidine rings is 1. The molecule has 0 bridgehead atoms. The van der Waals surface area contributed by atoms with Gasteiger partial charge in [0.1, 0.15) is 10.6 Å². The molecule has 1 aliphatic rings. The van der Waals surface area contributed by atoms with Crippen LogP contribution in [0.3, 0.4) is 0 Å². The fourth-order valence-electron chi connectivity index (χ4n) is 3.22. The number of carbonyl (C=O) groups is 3. The number of imide groups is 1. The Morgan fingerprint density at radius 3 is 2.61 bits per heavy atom. The zero-order chi connectivity index (χ0) is 23.0. The molecule has 0 radical (unpaired) electrons. The summed E-state index contributed by atoms with van der Waals surface area (Å²) in [6, 6.07) is 3.06. The van der Waals surface area contributed by atoms with E-state index in [0.29, 0.717) is 19.5 Å². The minimum Gasteiger partial charge on any atom is -0.495 e. The summed E-state index contributed by atoms with van der Waals surface area (Å²) in [6.07, 6.45) is 3.17. The summed E-state index contributed by atoms with van der Waals surface area (Å²) in [5.41, 5.74) is -0.0488. The van der Waals surface area contributed by atoms with Crippen molar-refractivity contribution < 1.29 is 32.3 Å². The van der Waals surface area contributed by atoms with Crippen LogP contribution in [0.4, 0.5) is 4.79 Å². The number of sulfonamides is 1. The van der Waals surface area contributed by atoms with Crippen LogP contribution in [0.5, 0.6) is 5.75 Å². The van der Waals surface area contributed by atoms with Crippen LogP contribution in [0.2, 0.25) is 0 Å². The quantitative estimate of drug-likeness (QED) is 0.570. The van der Waals surface area contributed by atoms with Gasteiger partial charge in [0.25, 0.3) is 5.91 Å². The number of amides is 3. The van der Waals surface area contributed by atoms with Crippen molar-refractivity contribution in [3.05, 3.63) is 23.8 Å². The molecule has 11 heteroatoms. The number of methoxy groups -OCH3 is 1. The molecule has 2 N–H and O–H groups in total. The van der Waals surface area contributed by atoms with E-state index in [9.17, 15) is 22.8 Å². The van der Waals surface area contributed by atoms with Crippen molar-refractivity contribution in [2.45, 2.75) is 50.5 Å². The molecule has 1 aromatic carbocycles. The number of carbonyl (C=O) groups excluding carboxylic acids is 3. The summed E-state index contributed by atoms with van der Waals surface area (Å²) in [5, 5.41) is 4.49. The Hall–Kier alpha value is -2.66. The Morgan fingerprint density at radius 1 is 1.23 bits per heavy atom. The molecule has 0 aliphatic carbocycles. The number of nitrogens with zero attached hydrogens (tertiary/aromatic N) is 1. The van der Waals surface area contributed by atoms with Crippen molar-refractivity contribution >= 4 is 27.9 Å². The van der Waals surface area contributed by atoms with Crippen LogP contribution in [0.1, 0.15) is 49.9 Å². The van der Waals surface area contributed by atoms with E-state index in [4.69, 9.17) is 9.47 Å². The molecule has 1 atom stereocenters. The zero-order valence-electron chi connectivity index (χ0n) is 18.0. The highest BCUT2D eigenvalue weighted by Crippen LogP contribution is 2.31. The van der Waals surface area contributed by atoms with Gasteiger partial charge in [-0.2, -0.15) is 4.31 Å². The van der Waals surface area contributed by atoms with Crippen molar-refractivity contribution in [2.24, 2.45) is 0 Å². The topological polar surface area (TPSA) is 131 Å². The van der Waals surface area contributed by atoms with Crippen molar-refractivity contribution in [1.29, 1.82) is 0 Å². The van der Waals surface area contributed by atoms with Crippen LogP contribution in [0.15, 0.2) is 23.1 Å². The van der Waals surface area contributed by atoms with Gasteiger partial charge in [-0.05, 0) is 44.4 Å². The number of nitrogens with one attached hydrogen (secondary N) is 2. The van der Waals surface area contributed by atoms with Gasteiger partial charge in [-0.15, -0.1) is 0 Å². The smallest absolute Gasteiger partial charge is 0.338 e. The lowest BCUT2D eigenvalue weighted by atomic mass is 10.1. The number of esters is 1. The number of ether oxygens (including phenoxy) is 2. The van der Waals surface area contributed by atoms with Gasteiger partial charge in [0, 0.05) is 19.1 Å². The lowest BCUT2D eigenvalue weighted by molar-refractivity contribution is -0.123. The Balaban J connectivity index is 2.13. The van der Waals surface area contributed by atoms with Gasteiger partial charge in [0.05, 0.1) is 12.7 Å². The van der Waals surface area contributed by atoms with E-state index in [0.717, 1.165) is 19.3 Å². The predicted octanol–water partition coefficient (Wildman–Crippen LogP) is 1.65. The first-order valence-corrected chi connectivity index (χ1v) is 11.6. The van der Waals surface area contributed by atoms with E-state index >= 15 is 0 Å². The number of hydrogen-bond donors (Lipinski definition) is 2. The molecule has 10 nitrogen and oxygen atoms in total. The first kappa shape index (κ1) is 24.6. The maximum absolute atomic E-state index is 13.2. The summed E-state index contributed by atoms with van der Waals surface area (Å²) in [5.74, 6) is -1.58. The number of benzene rings is 1. The van der Waals surface area contributed by atoms with Gasteiger partial charge in [0.2, 0.25) is 10.0 Å². The Labute approximate surface area is 182 Å². The van der Waals surface area contributed by atoms with Gasteiger partial charge in [-0.1, -0.05) is 13.3 Å². The van der Waals surface area contributed by atoms with E-state index in [2.05, 4.69) is 5.32 Å². The first-order chi connectivity index (χ1) is 14.7. The third-order valence-corrected chi connectivity index (χ3v) is 6.89. The normalized spacial score (nSPS) is 16.9. The average Bonchev–Trinajstić information content (AvgIpc) is 2.75. The van der Waals surface area contributed by atoms with Crippen LogP contribution in [-0.2, 0) is 19.6 Å². The van der Waals surface area contributed by atoms with Crippen molar-refractivity contribution in [3.63, 3.8) is 0 Å². The minimum absolute atomic E-state index is 0.0488. The van der Waals surface area contributed by atoms with E-state index in [1.165, 1.54) is 29.6 Å². The SMILES string of the molecule is CCCNC(=O)NC(=O)COC(=O)c1ccc(OC)c(S(=O)(=O)N2CCCCC2C)c1. The summed E-state index contributed by atoms with van der Waals surface area (Å²) in [7, 11) is -2.55. The lowest BCUT2D eigenvalue weighted by Crippen LogP contribution is -2.42. The first-order valence-electron chi connectivity index (χ1n) is 10.1. The van der Waals surface area contributed by atoms with Crippen LogP contribution >= 0.6 is 0 Å². The highest BCUT2D eigenvalue weighted by molar-refractivity contribution is 7.89. The number of rotatable bonds is 8. The molecular weight excluding hydrogens is 426 g/mol. The molecule has 1 saturated heterocycles. The maximum atomic E-state index is 13.2. The van der Waals surface area contributed by atoms with Crippen LogP contribution < -0.4 is 15.4 Å².